The van der Waals surface area contributed by atoms with Crippen LogP contribution in [0.2, 0.25) is 0 Å². The highest BCUT2D eigenvalue weighted by atomic mass is 16.5. The number of benzene rings is 1. The summed E-state index contributed by atoms with van der Waals surface area (Å²) in [5.74, 6) is 0.842. The molecule has 2 heteroatoms. The van der Waals surface area contributed by atoms with Gasteiger partial charge < -0.3 is 9.84 Å². The zero-order valence-corrected chi connectivity index (χ0v) is 13.1. The Morgan fingerprint density at radius 2 is 1.55 bits per heavy atom. The number of hydrogen-bond donors (Lipinski definition) is 1. The second-order valence-corrected chi connectivity index (χ2v) is 5.68. The molecule has 1 rings (SSSR count). The van der Waals surface area contributed by atoms with Gasteiger partial charge in [0, 0.05) is 0 Å². The molecule has 0 spiro atoms. The van der Waals surface area contributed by atoms with E-state index in [-0.39, 0.29) is 0 Å². The topological polar surface area (TPSA) is 29.5 Å². The van der Waals surface area contributed by atoms with Crippen molar-refractivity contribution in [3.05, 3.63) is 29.8 Å². The third-order valence-corrected chi connectivity index (χ3v) is 3.48. The summed E-state index contributed by atoms with van der Waals surface area (Å²) in [4.78, 5) is 0. The first-order chi connectivity index (χ1) is 9.72. The Balaban J connectivity index is 2.12. The lowest BCUT2D eigenvalue weighted by molar-refractivity contribution is 0.122. The lowest BCUT2D eigenvalue weighted by atomic mass is 10.0. The van der Waals surface area contributed by atoms with Gasteiger partial charge in [-0.2, -0.15) is 0 Å². The molecule has 0 fully saturated rings. The van der Waals surface area contributed by atoms with E-state index >= 15 is 0 Å². The first-order valence-electron chi connectivity index (χ1n) is 8.12. The molecular weight excluding hydrogens is 248 g/mol. The molecule has 0 aliphatic rings. The molecule has 0 radical (unpaired) electrons. The molecular formula is C18H30O2. The van der Waals surface area contributed by atoms with Gasteiger partial charge in [-0.1, -0.05) is 57.6 Å². The summed E-state index contributed by atoms with van der Waals surface area (Å²) in [5, 5.41) is 9.16. The Labute approximate surface area is 124 Å². The summed E-state index contributed by atoms with van der Waals surface area (Å²) in [7, 11) is 0. The molecule has 0 bridgehead atoms. The zero-order valence-electron chi connectivity index (χ0n) is 13.1. The van der Waals surface area contributed by atoms with Gasteiger partial charge in [-0.05, 0) is 37.5 Å². The summed E-state index contributed by atoms with van der Waals surface area (Å²) in [5.41, 5.74) is 1.38. The first-order valence-corrected chi connectivity index (χ1v) is 8.12. The number of hydrogen-bond acceptors (Lipinski definition) is 2. The average molecular weight is 278 g/mol. The number of aryl methyl sites for hydroxylation is 1. The monoisotopic (exact) mass is 278 g/mol. The van der Waals surface area contributed by atoms with Crippen LogP contribution in [0.5, 0.6) is 5.75 Å². The van der Waals surface area contributed by atoms with Crippen LogP contribution in [0.3, 0.4) is 0 Å². The van der Waals surface area contributed by atoms with Crippen molar-refractivity contribution in [3.8, 4) is 5.75 Å². The van der Waals surface area contributed by atoms with Gasteiger partial charge in [0.25, 0.3) is 0 Å². The molecule has 0 saturated carbocycles. The fourth-order valence-electron chi connectivity index (χ4n) is 2.26. The molecule has 0 heterocycles. The maximum Gasteiger partial charge on any atom is 0.119 e. The molecule has 1 unspecified atom stereocenters. The number of ether oxygens (including phenoxy) is 1. The minimum Gasteiger partial charge on any atom is -0.491 e. The van der Waals surface area contributed by atoms with Gasteiger partial charge in [-0.25, -0.2) is 0 Å². The molecule has 0 aliphatic heterocycles. The fraction of sp³-hybridized carbons (Fsp3) is 0.667. The van der Waals surface area contributed by atoms with Crippen LogP contribution >= 0.6 is 0 Å². The van der Waals surface area contributed by atoms with E-state index < -0.39 is 6.10 Å². The van der Waals surface area contributed by atoms with E-state index in [1.54, 1.807) is 6.92 Å². The predicted octanol–water partition coefficient (Wildman–Crippen LogP) is 4.74. The number of rotatable bonds is 11. The van der Waals surface area contributed by atoms with Crippen molar-refractivity contribution >= 4 is 0 Å². The second-order valence-electron chi connectivity index (χ2n) is 5.68. The Morgan fingerprint density at radius 1 is 0.950 bits per heavy atom. The molecule has 0 saturated heterocycles. The van der Waals surface area contributed by atoms with Gasteiger partial charge in [0.2, 0.25) is 0 Å². The number of unbranched alkanes of at least 4 members (excludes halogenated alkanes) is 6. The van der Waals surface area contributed by atoms with Gasteiger partial charge in [0.05, 0.1) is 6.10 Å². The standard InChI is InChI=1S/C18H30O2/c1-3-4-5-6-7-8-9-10-17-11-13-18(14-12-17)20-15-16(2)19/h11-14,16,19H,3-10,15H2,1-2H3. The van der Waals surface area contributed by atoms with Crippen LogP contribution in [0.1, 0.15) is 64.4 Å². The minimum absolute atomic E-state index is 0.358. The Hall–Kier alpha value is -1.02. The molecule has 1 aromatic rings. The van der Waals surface area contributed by atoms with Crippen molar-refractivity contribution in [2.24, 2.45) is 0 Å². The predicted molar refractivity (Wildman–Crippen MR) is 85.3 cm³/mol. The number of aliphatic hydroxyl groups is 1. The summed E-state index contributed by atoms with van der Waals surface area (Å²) in [6, 6.07) is 8.26. The fourth-order valence-corrected chi connectivity index (χ4v) is 2.26. The highest BCUT2D eigenvalue weighted by molar-refractivity contribution is 5.27. The second kappa shape index (κ2) is 10.7. The van der Waals surface area contributed by atoms with Gasteiger partial charge in [0.1, 0.15) is 12.4 Å². The molecule has 20 heavy (non-hydrogen) atoms. The van der Waals surface area contributed by atoms with Crippen molar-refractivity contribution < 1.29 is 9.84 Å². The first kappa shape index (κ1) is 17.0. The van der Waals surface area contributed by atoms with Crippen LogP contribution in [-0.4, -0.2) is 17.8 Å². The Morgan fingerprint density at radius 3 is 2.15 bits per heavy atom. The SMILES string of the molecule is CCCCCCCCCc1ccc(OCC(C)O)cc1. The van der Waals surface area contributed by atoms with Gasteiger partial charge in [-0.15, -0.1) is 0 Å². The highest BCUT2D eigenvalue weighted by Gasteiger charge is 1.99. The van der Waals surface area contributed by atoms with E-state index in [1.165, 1.54) is 50.5 Å². The molecule has 0 aromatic heterocycles. The van der Waals surface area contributed by atoms with E-state index in [0.29, 0.717) is 6.61 Å². The van der Waals surface area contributed by atoms with Crippen molar-refractivity contribution in [1.29, 1.82) is 0 Å². The Bertz CT molecular complexity index is 330. The Kier molecular flexibility index (Phi) is 9.14. The van der Waals surface area contributed by atoms with Crippen LogP contribution in [-0.2, 0) is 6.42 Å². The molecule has 2 nitrogen and oxygen atoms in total. The molecule has 1 aromatic carbocycles. The normalized spacial score (nSPS) is 12.3. The summed E-state index contributed by atoms with van der Waals surface area (Å²) in [6.07, 6.45) is 10.2. The van der Waals surface area contributed by atoms with E-state index in [4.69, 9.17) is 9.84 Å². The molecule has 1 N–H and O–H groups in total. The van der Waals surface area contributed by atoms with Crippen LogP contribution < -0.4 is 4.74 Å². The van der Waals surface area contributed by atoms with Gasteiger partial charge >= 0.3 is 0 Å². The summed E-state index contributed by atoms with van der Waals surface area (Å²) < 4.78 is 5.45. The summed E-state index contributed by atoms with van der Waals surface area (Å²) in [6.45, 7) is 4.35. The van der Waals surface area contributed by atoms with Crippen LogP contribution in [0.25, 0.3) is 0 Å². The molecule has 1 atom stereocenters. The zero-order chi connectivity index (χ0) is 14.6. The van der Waals surface area contributed by atoms with Gasteiger partial charge in [0.15, 0.2) is 0 Å². The van der Waals surface area contributed by atoms with E-state index in [1.807, 2.05) is 12.1 Å². The third kappa shape index (κ3) is 8.21. The molecule has 0 aliphatic carbocycles. The maximum atomic E-state index is 9.16. The van der Waals surface area contributed by atoms with Crippen molar-refractivity contribution in [2.45, 2.75) is 71.3 Å². The van der Waals surface area contributed by atoms with Gasteiger partial charge in [-0.3, -0.25) is 0 Å². The molecule has 0 amide bonds. The smallest absolute Gasteiger partial charge is 0.119 e. The minimum atomic E-state index is -0.414. The highest BCUT2D eigenvalue weighted by Crippen LogP contribution is 2.15. The lowest BCUT2D eigenvalue weighted by Crippen LogP contribution is -2.12. The summed E-state index contributed by atoms with van der Waals surface area (Å²) >= 11 is 0. The van der Waals surface area contributed by atoms with Crippen molar-refractivity contribution in [3.63, 3.8) is 0 Å². The van der Waals surface area contributed by atoms with Crippen molar-refractivity contribution in [1.82, 2.24) is 0 Å². The largest absolute Gasteiger partial charge is 0.491 e. The van der Waals surface area contributed by atoms with E-state index in [2.05, 4.69) is 19.1 Å². The van der Waals surface area contributed by atoms with Crippen LogP contribution in [0.4, 0.5) is 0 Å². The van der Waals surface area contributed by atoms with Crippen molar-refractivity contribution in [2.75, 3.05) is 6.61 Å². The number of aliphatic hydroxyl groups excluding tert-OH is 1. The quantitative estimate of drug-likeness (QED) is 0.592. The lowest BCUT2D eigenvalue weighted by Gasteiger charge is -2.08. The average Bonchev–Trinajstić information content (AvgIpc) is 2.45. The third-order valence-electron chi connectivity index (χ3n) is 3.48. The van der Waals surface area contributed by atoms with Crippen LogP contribution in [0.15, 0.2) is 24.3 Å². The van der Waals surface area contributed by atoms with E-state index in [9.17, 15) is 0 Å². The van der Waals surface area contributed by atoms with Crippen LogP contribution in [0, 0.1) is 0 Å². The van der Waals surface area contributed by atoms with E-state index in [0.717, 1.165) is 12.2 Å². The maximum absolute atomic E-state index is 9.16. The molecule has 114 valence electrons.